The number of allylic oxidation sites excluding steroid dienone is 1. The monoisotopic (exact) mass is 210 g/mol. The summed E-state index contributed by atoms with van der Waals surface area (Å²) in [5, 5.41) is 0. The van der Waals surface area contributed by atoms with Crippen LogP contribution < -0.4 is 0 Å². The van der Waals surface area contributed by atoms with E-state index in [0.717, 1.165) is 5.57 Å². The molecule has 0 saturated heterocycles. The van der Waals surface area contributed by atoms with Crippen LogP contribution in [-0.4, -0.2) is 23.0 Å². The largest absolute Gasteiger partial charge is 0.501 e. The highest BCUT2D eigenvalue weighted by atomic mass is 31.2. The molecule has 0 rings (SSSR count). The standard InChI is InChI=1S/C7H15O5P/c1-7(2)6-11-4-3-5-12-13(8,9)10/h6H,3-5H2,1-2H3,(H2,8,9,10). The number of phosphoric ester groups is 1. The molecule has 0 atom stereocenters. The zero-order chi connectivity index (χ0) is 10.3. The van der Waals surface area contributed by atoms with Crippen molar-refractivity contribution in [3.05, 3.63) is 11.8 Å². The maximum atomic E-state index is 10.2. The molecule has 78 valence electrons. The van der Waals surface area contributed by atoms with Gasteiger partial charge in [-0.15, -0.1) is 0 Å². The fourth-order valence-corrected chi connectivity index (χ4v) is 0.918. The first kappa shape index (κ1) is 12.7. The van der Waals surface area contributed by atoms with Gasteiger partial charge in [-0.3, -0.25) is 4.52 Å². The van der Waals surface area contributed by atoms with Crippen LogP contribution >= 0.6 is 7.82 Å². The summed E-state index contributed by atoms with van der Waals surface area (Å²) < 4.78 is 19.4. The number of ether oxygens (including phenoxy) is 1. The predicted octanol–water partition coefficient (Wildman–Crippen LogP) is 1.43. The lowest BCUT2D eigenvalue weighted by Crippen LogP contribution is -1.96. The fraction of sp³-hybridized carbons (Fsp3) is 0.714. The van der Waals surface area contributed by atoms with Crippen molar-refractivity contribution in [2.24, 2.45) is 0 Å². The van der Waals surface area contributed by atoms with Crippen LogP contribution in [0.1, 0.15) is 20.3 Å². The minimum Gasteiger partial charge on any atom is -0.501 e. The van der Waals surface area contributed by atoms with Crippen molar-refractivity contribution < 1.29 is 23.6 Å². The van der Waals surface area contributed by atoms with E-state index in [-0.39, 0.29) is 6.61 Å². The Balaban J connectivity index is 3.28. The van der Waals surface area contributed by atoms with Crippen LogP contribution in [-0.2, 0) is 13.8 Å². The summed E-state index contributed by atoms with van der Waals surface area (Å²) in [6.07, 6.45) is 2.05. The van der Waals surface area contributed by atoms with E-state index >= 15 is 0 Å². The number of hydrogen-bond acceptors (Lipinski definition) is 3. The molecule has 6 heteroatoms. The molecule has 0 bridgehead atoms. The third kappa shape index (κ3) is 11.7. The second kappa shape index (κ2) is 6.16. The van der Waals surface area contributed by atoms with E-state index in [1.54, 1.807) is 6.26 Å². The Morgan fingerprint density at radius 3 is 2.46 bits per heavy atom. The lowest BCUT2D eigenvalue weighted by Gasteiger charge is -2.04. The number of phosphoric acid groups is 1. The average molecular weight is 210 g/mol. The first-order valence-corrected chi connectivity index (χ1v) is 5.40. The van der Waals surface area contributed by atoms with Crippen molar-refractivity contribution in [1.29, 1.82) is 0 Å². The summed E-state index contributed by atoms with van der Waals surface area (Å²) in [6.45, 7) is 4.18. The van der Waals surface area contributed by atoms with Gasteiger partial charge in [-0.1, -0.05) is 0 Å². The molecule has 5 nitrogen and oxygen atoms in total. The molecule has 0 unspecified atom stereocenters. The Kier molecular flexibility index (Phi) is 5.99. The van der Waals surface area contributed by atoms with Crippen LogP contribution in [0.4, 0.5) is 0 Å². The highest BCUT2D eigenvalue weighted by Gasteiger charge is 2.12. The molecule has 2 N–H and O–H groups in total. The molecule has 0 spiro atoms. The summed E-state index contributed by atoms with van der Waals surface area (Å²) in [4.78, 5) is 16.6. The summed E-state index contributed by atoms with van der Waals surface area (Å²) in [5.41, 5.74) is 1.04. The molecule has 0 amide bonds. The second-order valence-electron chi connectivity index (χ2n) is 2.74. The first-order valence-electron chi connectivity index (χ1n) is 3.87. The topological polar surface area (TPSA) is 76.0 Å². The van der Waals surface area contributed by atoms with E-state index in [4.69, 9.17) is 14.5 Å². The molecule has 0 heterocycles. The Labute approximate surface area is 77.6 Å². The van der Waals surface area contributed by atoms with Gasteiger partial charge in [0.25, 0.3) is 0 Å². The van der Waals surface area contributed by atoms with Gasteiger partial charge in [0.15, 0.2) is 0 Å². The Bertz CT molecular complexity index is 203. The molecule has 0 fully saturated rings. The van der Waals surface area contributed by atoms with Crippen molar-refractivity contribution in [3.8, 4) is 0 Å². The van der Waals surface area contributed by atoms with Crippen LogP contribution in [0.5, 0.6) is 0 Å². The van der Waals surface area contributed by atoms with Gasteiger partial charge < -0.3 is 14.5 Å². The Morgan fingerprint density at radius 2 is 2.00 bits per heavy atom. The minimum atomic E-state index is -4.30. The third-order valence-corrected chi connectivity index (χ3v) is 1.50. The van der Waals surface area contributed by atoms with E-state index < -0.39 is 7.82 Å². The lowest BCUT2D eigenvalue weighted by atomic mass is 10.4. The highest BCUT2D eigenvalue weighted by Crippen LogP contribution is 2.35. The zero-order valence-corrected chi connectivity index (χ0v) is 8.66. The second-order valence-corrected chi connectivity index (χ2v) is 3.98. The summed E-state index contributed by atoms with van der Waals surface area (Å²) in [5.74, 6) is 0. The van der Waals surface area contributed by atoms with Gasteiger partial charge in [-0.05, 0) is 19.4 Å². The maximum absolute atomic E-state index is 10.2. The lowest BCUT2D eigenvalue weighted by molar-refractivity contribution is 0.167. The molecule has 0 aromatic rings. The van der Waals surface area contributed by atoms with Crippen molar-refractivity contribution in [3.63, 3.8) is 0 Å². The molecule has 0 radical (unpaired) electrons. The van der Waals surface area contributed by atoms with Crippen molar-refractivity contribution in [2.75, 3.05) is 13.2 Å². The normalized spacial score (nSPS) is 11.1. The van der Waals surface area contributed by atoms with Crippen LogP contribution in [0.2, 0.25) is 0 Å². The Hall–Kier alpha value is -0.350. The van der Waals surface area contributed by atoms with Crippen molar-refractivity contribution >= 4 is 7.82 Å². The van der Waals surface area contributed by atoms with Gasteiger partial charge in [0, 0.05) is 6.42 Å². The van der Waals surface area contributed by atoms with E-state index in [1.165, 1.54) is 0 Å². The van der Waals surface area contributed by atoms with E-state index in [1.807, 2.05) is 13.8 Å². The van der Waals surface area contributed by atoms with E-state index in [2.05, 4.69) is 4.52 Å². The zero-order valence-electron chi connectivity index (χ0n) is 7.77. The summed E-state index contributed by atoms with van der Waals surface area (Å²) >= 11 is 0. The SMILES string of the molecule is CC(C)=COCCCOP(=O)(O)O. The molecule has 0 aliphatic carbocycles. The Morgan fingerprint density at radius 1 is 1.38 bits per heavy atom. The van der Waals surface area contributed by atoms with Gasteiger partial charge in [0.1, 0.15) is 0 Å². The molecule has 0 saturated carbocycles. The van der Waals surface area contributed by atoms with Crippen molar-refractivity contribution in [2.45, 2.75) is 20.3 Å². The quantitative estimate of drug-likeness (QED) is 0.394. The third-order valence-electron chi connectivity index (χ3n) is 0.985. The molecule has 0 aromatic heterocycles. The molecule has 0 aliphatic rings. The minimum absolute atomic E-state index is 0.000873. The fourth-order valence-electron chi connectivity index (χ4n) is 0.551. The maximum Gasteiger partial charge on any atom is 0.469 e. The summed E-state index contributed by atoms with van der Waals surface area (Å²) in [6, 6.07) is 0. The van der Waals surface area contributed by atoms with Gasteiger partial charge in [0.2, 0.25) is 0 Å². The number of hydrogen-bond donors (Lipinski definition) is 2. The van der Waals surface area contributed by atoms with Gasteiger partial charge in [-0.2, -0.15) is 0 Å². The highest BCUT2D eigenvalue weighted by molar-refractivity contribution is 7.46. The summed E-state index contributed by atoms with van der Waals surface area (Å²) in [7, 11) is -4.30. The van der Waals surface area contributed by atoms with E-state index in [9.17, 15) is 4.57 Å². The first-order chi connectivity index (χ1) is 5.92. The molecule has 0 aliphatic heterocycles. The molecular weight excluding hydrogens is 195 g/mol. The van der Waals surface area contributed by atoms with Gasteiger partial charge >= 0.3 is 7.82 Å². The molecule has 13 heavy (non-hydrogen) atoms. The van der Waals surface area contributed by atoms with Gasteiger partial charge in [0.05, 0.1) is 19.5 Å². The van der Waals surface area contributed by atoms with Crippen LogP contribution in [0.15, 0.2) is 11.8 Å². The molecular formula is C7H15O5P. The average Bonchev–Trinajstić information content (AvgIpc) is 1.93. The van der Waals surface area contributed by atoms with Crippen LogP contribution in [0, 0.1) is 0 Å². The number of rotatable bonds is 6. The van der Waals surface area contributed by atoms with Crippen molar-refractivity contribution in [1.82, 2.24) is 0 Å². The predicted molar refractivity (Wildman–Crippen MR) is 48.0 cm³/mol. The van der Waals surface area contributed by atoms with Crippen LogP contribution in [0.25, 0.3) is 0 Å². The molecule has 0 aromatic carbocycles. The smallest absolute Gasteiger partial charge is 0.469 e. The van der Waals surface area contributed by atoms with Gasteiger partial charge in [-0.25, -0.2) is 4.57 Å². The van der Waals surface area contributed by atoms with Crippen LogP contribution in [0.3, 0.4) is 0 Å². The van der Waals surface area contributed by atoms with E-state index in [0.29, 0.717) is 13.0 Å².